The van der Waals surface area contributed by atoms with E-state index in [1.165, 1.54) is 23.1 Å². The molecule has 2 aliphatic rings. The quantitative estimate of drug-likeness (QED) is 0.330. The number of nitrogens with zero attached hydrogens (tertiary/aromatic N) is 3. The number of halogens is 3. The van der Waals surface area contributed by atoms with E-state index < -0.39 is 41.9 Å². The predicted octanol–water partition coefficient (Wildman–Crippen LogP) is 4.95. The number of phenols is 1. The number of rotatable bonds is 10. The van der Waals surface area contributed by atoms with E-state index in [2.05, 4.69) is 9.80 Å². The number of benzene rings is 2. The van der Waals surface area contributed by atoms with Crippen LogP contribution in [0.15, 0.2) is 42.5 Å². The van der Waals surface area contributed by atoms with Gasteiger partial charge in [-0.25, -0.2) is 13.2 Å². The molecule has 0 aliphatic carbocycles. The zero-order valence-electron chi connectivity index (χ0n) is 23.5. The van der Waals surface area contributed by atoms with Crippen molar-refractivity contribution in [3.8, 4) is 5.75 Å². The van der Waals surface area contributed by atoms with Crippen molar-refractivity contribution in [3.05, 3.63) is 65.0 Å². The van der Waals surface area contributed by atoms with Crippen LogP contribution in [0.5, 0.6) is 5.75 Å². The molecule has 0 aromatic heterocycles. The Balaban J connectivity index is 1.76. The molecule has 218 valence electrons. The summed E-state index contributed by atoms with van der Waals surface area (Å²) < 4.78 is 42.7. The monoisotopic (exact) mass is 559 g/mol. The minimum absolute atomic E-state index is 0.0508. The van der Waals surface area contributed by atoms with Crippen LogP contribution in [0, 0.1) is 24.6 Å². The van der Waals surface area contributed by atoms with Gasteiger partial charge in [-0.2, -0.15) is 0 Å². The highest BCUT2D eigenvalue weighted by Gasteiger charge is 2.48. The average Bonchev–Trinajstić information content (AvgIpc) is 3.42. The number of piperidine rings is 1. The molecule has 6 nitrogen and oxygen atoms in total. The second-order valence-corrected chi connectivity index (χ2v) is 11.5. The van der Waals surface area contributed by atoms with Gasteiger partial charge in [0.05, 0.1) is 12.0 Å². The smallest absolute Gasteiger partial charge is 0.258 e. The maximum Gasteiger partial charge on any atom is 0.258 e. The number of ketones is 1. The van der Waals surface area contributed by atoms with Crippen LogP contribution in [0.25, 0.3) is 0 Å². The largest absolute Gasteiger partial charge is 0.508 e. The van der Waals surface area contributed by atoms with Gasteiger partial charge in [-0.3, -0.25) is 9.59 Å². The molecule has 2 saturated heterocycles. The molecule has 2 heterocycles. The Kier molecular flexibility index (Phi) is 9.90. The summed E-state index contributed by atoms with van der Waals surface area (Å²) in [6.45, 7) is 4.07. The third kappa shape index (κ3) is 6.69. The summed E-state index contributed by atoms with van der Waals surface area (Å²) in [4.78, 5) is 33.7. The molecule has 9 heteroatoms. The SMILES string of the molecule is Cc1c(F)cccc1[C@@H]1[C@@H](C(=O)N2CCC[C@H]2C(F)F)CN(CCCCN(C)C)C[C@H]1C(=O)c1cccc(O)c1. The number of Topliss-reactive ketones (excluding diaryl/α,β-unsaturated/α-hetero) is 1. The molecule has 1 N–H and O–H groups in total. The summed E-state index contributed by atoms with van der Waals surface area (Å²) in [6.07, 6.45) is -0.147. The lowest BCUT2D eigenvalue weighted by Crippen LogP contribution is -2.55. The minimum Gasteiger partial charge on any atom is -0.508 e. The van der Waals surface area contributed by atoms with Crippen molar-refractivity contribution in [2.24, 2.45) is 11.8 Å². The van der Waals surface area contributed by atoms with Gasteiger partial charge < -0.3 is 19.8 Å². The molecule has 2 fully saturated rings. The van der Waals surface area contributed by atoms with Crippen LogP contribution in [-0.2, 0) is 4.79 Å². The molecule has 4 rings (SSSR count). The van der Waals surface area contributed by atoms with Gasteiger partial charge in [-0.15, -0.1) is 0 Å². The molecule has 0 radical (unpaired) electrons. The number of hydrogen-bond donors (Lipinski definition) is 1. The molecule has 2 aromatic rings. The molecule has 0 saturated carbocycles. The van der Waals surface area contributed by atoms with Gasteiger partial charge in [0.1, 0.15) is 11.6 Å². The van der Waals surface area contributed by atoms with Gasteiger partial charge in [0.25, 0.3) is 6.43 Å². The zero-order chi connectivity index (χ0) is 29.0. The Hall–Kier alpha value is -2.91. The number of amides is 1. The fraction of sp³-hybridized carbons (Fsp3) is 0.548. The second-order valence-electron chi connectivity index (χ2n) is 11.5. The molecule has 0 spiro atoms. The summed E-state index contributed by atoms with van der Waals surface area (Å²) in [5.74, 6) is -3.37. The highest BCUT2D eigenvalue weighted by atomic mass is 19.3. The van der Waals surface area contributed by atoms with Gasteiger partial charge in [0.2, 0.25) is 5.91 Å². The first kappa shape index (κ1) is 30.1. The molecule has 2 aromatic carbocycles. The van der Waals surface area contributed by atoms with Crippen LogP contribution in [0.3, 0.4) is 0 Å². The van der Waals surface area contributed by atoms with Crippen molar-refractivity contribution in [3.63, 3.8) is 0 Å². The van der Waals surface area contributed by atoms with E-state index in [0.29, 0.717) is 42.7 Å². The maximum atomic E-state index is 14.9. The molecule has 1 amide bonds. The van der Waals surface area contributed by atoms with Gasteiger partial charge in [-0.1, -0.05) is 24.3 Å². The summed E-state index contributed by atoms with van der Waals surface area (Å²) >= 11 is 0. The van der Waals surface area contributed by atoms with E-state index in [9.17, 15) is 27.9 Å². The maximum absolute atomic E-state index is 14.9. The summed E-state index contributed by atoms with van der Waals surface area (Å²) in [7, 11) is 4.00. The van der Waals surface area contributed by atoms with Crippen molar-refractivity contribution in [2.45, 2.75) is 51.0 Å². The number of aromatic hydroxyl groups is 1. The molecule has 4 atom stereocenters. The van der Waals surface area contributed by atoms with Crippen LogP contribution in [0.2, 0.25) is 0 Å². The lowest BCUT2D eigenvalue weighted by atomic mass is 9.69. The van der Waals surface area contributed by atoms with Crippen LogP contribution < -0.4 is 0 Å². The van der Waals surface area contributed by atoms with Gasteiger partial charge in [0, 0.05) is 37.0 Å². The molecule has 0 bridgehead atoms. The average molecular weight is 560 g/mol. The van der Waals surface area contributed by atoms with Crippen LogP contribution in [0.1, 0.15) is 53.1 Å². The third-order valence-corrected chi connectivity index (χ3v) is 8.43. The zero-order valence-corrected chi connectivity index (χ0v) is 23.5. The van der Waals surface area contributed by atoms with Gasteiger partial charge in [-0.05, 0) is 89.1 Å². The number of carbonyl (C=O) groups is 2. The number of hydrogen-bond acceptors (Lipinski definition) is 5. The van der Waals surface area contributed by atoms with E-state index in [-0.39, 0.29) is 24.5 Å². The highest BCUT2D eigenvalue weighted by Crippen LogP contribution is 2.43. The van der Waals surface area contributed by atoms with E-state index in [1.54, 1.807) is 31.2 Å². The Morgan fingerprint density at radius 2 is 1.80 bits per heavy atom. The number of carbonyl (C=O) groups excluding carboxylic acids is 2. The topological polar surface area (TPSA) is 64.1 Å². The number of unbranched alkanes of at least 4 members (excludes halogenated alkanes) is 1. The van der Waals surface area contributed by atoms with Gasteiger partial charge >= 0.3 is 0 Å². The second kappa shape index (κ2) is 13.2. The van der Waals surface area contributed by atoms with Crippen molar-refractivity contribution >= 4 is 11.7 Å². The Morgan fingerprint density at radius 3 is 2.50 bits per heavy atom. The molecular weight excluding hydrogens is 519 g/mol. The van der Waals surface area contributed by atoms with Gasteiger partial charge in [0.15, 0.2) is 5.78 Å². The Morgan fingerprint density at radius 1 is 1.07 bits per heavy atom. The van der Waals surface area contributed by atoms with Crippen LogP contribution in [-0.4, -0.2) is 90.8 Å². The molecule has 40 heavy (non-hydrogen) atoms. The van der Waals surface area contributed by atoms with Crippen molar-refractivity contribution in [1.82, 2.24) is 14.7 Å². The Labute approximate surface area is 234 Å². The van der Waals surface area contributed by atoms with Crippen molar-refractivity contribution in [2.75, 3.05) is 46.8 Å². The van der Waals surface area contributed by atoms with Crippen molar-refractivity contribution in [1.29, 1.82) is 0 Å². The summed E-state index contributed by atoms with van der Waals surface area (Å²) in [5.41, 5.74) is 1.21. The fourth-order valence-corrected chi connectivity index (χ4v) is 6.40. The van der Waals surface area contributed by atoms with Crippen LogP contribution >= 0.6 is 0 Å². The number of phenolic OH excluding ortho intramolecular Hbond substituents is 1. The minimum atomic E-state index is -2.66. The molecule has 2 aliphatic heterocycles. The van der Waals surface area contributed by atoms with Crippen molar-refractivity contribution < 1.29 is 27.9 Å². The predicted molar refractivity (Wildman–Crippen MR) is 148 cm³/mol. The van der Waals surface area contributed by atoms with E-state index >= 15 is 0 Å². The summed E-state index contributed by atoms with van der Waals surface area (Å²) in [5, 5.41) is 10.1. The summed E-state index contributed by atoms with van der Waals surface area (Å²) in [6, 6.07) is 9.59. The fourth-order valence-electron chi connectivity index (χ4n) is 6.40. The first-order valence-electron chi connectivity index (χ1n) is 14.1. The van der Waals surface area contributed by atoms with E-state index in [4.69, 9.17) is 0 Å². The third-order valence-electron chi connectivity index (χ3n) is 8.43. The first-order valence-corrected chi connectivity index (χ1v) is 14.1. The standard InChI is InChI=1S/C31H40F3N3O3/c1-20-23(11-7-12-26(20)32)28-24(29(39)21-9-6-10-22(38)17-21)18-36(15-5-4-14-35(2)3)19-25(28)31(40)37-16-8-13-27(37)30(33)34/h6-7,9-12,17,24-25,27-28,30,38H,4-5,8,13-16,18-19H2,1-3H3/t24-,25+,27+,28+/m1/s1. The van der Waals surface area contributed by atoms with E-state index in [0.717, 1.165) is 19.4 Å². The highest BCUT2D eigenvalue weighted by molar-refractivity contribution is 5.99. The first-order chi connectivity index (χ1) is 19.1. The number of likely N-dealkylation sites (tertiary alicyclic amines) is 2. The molecular formula is C31H40F3N3O3. The van der Waals surface area contributed by atoms with E-state index in [1.807, 2.05) is 14.1 Å². The Bertz CT molecular complexity index is 1190. The lowest BCUT2D eigenvalue weighted by molar-refractivity contribution is -0.142. The number of alkyl halides is 2. The normalized spacial score (nSPS) is 23.8. The van der Waals surface area contributed by atoms with Crippen LogP contribution in [0.4, 0.5) is 13.2 Å². The molecule has 0 unspecified atom stereocenters. The lowest BCUT2D eigenvalue weighted by Gasteiger charge is -2.45.